The number of carboxylic acids is 1. The van der Waals surface area contributed by atoms with Gasteiger partial charge in [0, 0.05) is 13.1 Å². The van der Waals surface area contributed by atoms with Gasteiger partial charge in [-0.25, -0.2) is 8.42 Å². The number of β-amino-alcohol motifs (C(OH)–C–C–N with tert-alkyl or cyclic N) is 1. The topological polar surface area (TPSA) is 104 Å². The molecular formula is C22H27NO6S. The van der Waals surface area contributed by atoms with E-state index >= 15 is 0 Å². The molecule has 30 heavy (non-hydrogen) atoms. The zero-order valence-corrected chi connectivity index (χ0v) is 17.9. The highest BCUT2D eigenvalue weighted by Gasteiger charge is 2.50. The van der Waals surface area contributed by atoms with Gasteiger partial charge >= 0.3 is 5.97 Å². The summed E-state index contributed by atoms with van der Waals surface area (Å²) in [5, 5.41) is 20.8. The molecule has 1 fully saturated rings. The SMILES string of the molecule is CCOc1ccc(C)cc1S(=O)(=O)N1CC[C@](Cc2ccccc2)(C(=O)O)[C@@H](O)C1. The average Bonchev–Trinajstić information content (AvgIpc) is 2.71. The fraction of sp³-hybridized carbons (Fsp3) is 0.409. The number of ether oxygens (including phenoxy) is 1. The van der Waals surface area contributed by atoms with Crippen molar-refractivity contribution in [3.63, 3.8) is 0 Å². The van der Waals surface area contributed by atoms with Crippen molar-refractivity contribution in [1.82, 2.24) is 4.31 Å². The first kappa shape index (κ1) is 22.3. The van der Waals surface area contributed by atoms with Crippen molar-refractivity contribution in [3.8, 4) is 5.75 Å². The molecule has 0 spiro atoms. The molecule has 7 nitrogen and oxygen atoms in total. The van der Waals surface area contributed by atoms with Crippen LogP contribution in [0.5, 0.6) is 5.75 Å². The predicted octanol–water partition coefficient (Wildman–Crippen LogP) is 2.46. The molecule has 0 radical (unpaired) electrons. The summed E-state index contributed by atoms with van der Waals surface area (Å²) in [6.07, 6.45) is -1.21. The van der Waals surface area contributed by atoms with Gasteiger partial charge in [-0.2, -0.15) is 4.31 Å². The van der Waals surface area contributed by atoms with E-state index in [0.29, 0.717) is 6.61 Å². The van der Waals surface area contributed by atoms with E-state index < -0.39 is 27.5 Å². The minimum Gasteiger partial charge on any atom is -0.492 e. The lowest BCUT2D eigenvalue weighted by Crippen LogP contribution is -2.56. The summed E-state index contributed by atoms with van der Waals surface area (Å²) in [7, 11) is -3.96. The van der Waals surface area contributed by atoms with Gasteiger partial charge in [0.15, 0.2) is 0 Å². The summed E-state index contributed by atoms with van der Waals surface area (Å²) in [6, 6.07) is 14.0. The Morgan fingerprint density at radius 1 is 1.23 bits per heavy atom. The molecule has 0 bridgehead atoms. The van der Waals surface area contributed by atoms with Gasteiger partial charge in [0.05, 0.1) is 12.7 Å². The van der Waals surface area contributed by atoms with Crippen LogP contribution in [0.4, 0.5) is 0 Å². The average molecular weight is 434 g/mol. The number of piperidine rings is 1. The number of hydrogen-bond acceptors (Lipinski definition) is 5. The number of aliphatic carboxylic acids is 1. The summed E-state index contributed by atoms with van der Waals surface area (Å²) in [5.74, 6) is -0.876. The highest BCUT2D eigenvalue weighted by molar-refractivity contribution is 7.89. The third-order valence-electron chi connectivity index (χ3n) is 5.63. The second kappa shape index (κ2) is 8.75. The number of carbonyl (C=O) groups is 1. The van der Waals surface area contributed by atoms with Gasteiger partial charge in [-0.3, -0.25) is 4.79 Å². The predicted molar refractivity (Wildman–Crippen MR) is 112 cm³/mol. The summed E-state index contributed by atoms with van der Waals surface area (Å²) in [5.41, 5.74) is 0.106. The van der Waals surface area contributed by atoms with Gasteiger partial charge in [-0.1, -0.05) is 36.4 Å². The van der Waals surface area contributed by atoms with E-state index in [1.54, 1.807) is 26.0 Å². The fourth-order valence-corrected chi connectivity index (χ4v) is 5.55. The first-order valence-electron chi connectivity index (χ1n) is 9.89. The van der Waals surface area contributed by atoms with Crippen LogP contribution in [0.25, 0.3) is 0 Å². The number of aryl methyl sites for hydroxylation is 1. The number of carboxylic acid groups (broad SMARTS) is 1. The minimum absolute atomic E-state index is 0.00195. The molecule has 0 unspecified atom stereocenters. The molecule has 1 aliphatic heterocycles. The maximum Gasteiger partial charge on any atom is 0.312 e. The van der Waals surface area contributed by atoms with Crippen LogP contribution in [-0.4, -0.2) is 54.7 Å². The summed E-state index contributed by atoms with van der Waals surface area (Å²) in [6.45, 7) is 3.58. The second-order valence-electron chi connectivity index (χ2n) is 7.64. The molecule has 0 aromatic heterocycles. The molecule has 2 aromatic rings. The summed E-state index contributed by atoms with van der Waals surface area (Å²) < 4.78 is 33.3. The van der Waals surface area contributed by atoms with Crippen LogP contribution >= 0.6 is 0 Å². The van der Waals surface area contributed by atoms with Crippen molar-refractivity contribution in [1.29, 1.82) is 0 Å². The molecule has 0 aliphatic carbocycles. The molecule has 3 rings (SSSR count). The lowest BCUT2D eigenvalue weighted by molar-refractivity contribution is -0.161. The molecule has 2 N–H and O–H groups in total. The standard InChI is InChI=1S/C22H27NO6S/c1-3-29-18-10-9-16(2)13-19(18)30(27,28)23-12-11-22(21(25)26,20(24)15-23)14-17-7-5-4-6-8-17/h4-10,13,20,24H,3,11-12,14-15H2,1-2H3,(H,25,26)/t20-,22+/m0/s1. The van der Waals surface area contributed by atoms with Crippen LogP contribution in [0, 0.1) is 12.3 Å². The number of aliphatic hydroxyl groups excluding tert-OH is 1. The quantitative estimate of drug-likeness (QED) is 0.695. The first-order valence-corrected chi connectivity index (χ1v) is 11.3. The molecule has 1 heterocycles. The van der Waals surface area contributed by atoms with E-state index in [-0.39, 0.29) is 36.6 Å². The van der Waals surface area contributed by atoms with E-state index in [4.69, 9.17) is 4.74 Å². The van der Waals surface area contributed by atoms with Gasteiger partial charge in [0.1, 0.15) is 16.1 Å². The van der Waals surface area contributed by atoms with Crippen LogP contribution in [0.15, 0.2) is 53.4 Å². The maximum absolute atomic E-state index is 13.3. The number of benzene rings is 2. The van der Waals surface area contributed by atoms with E-state index in [1.165, 1.54) is 6.07 Å². The molecule has 1 saturated heterocycles. The van der Waals surface area contributed by atoms with Crippen LogP contribution in [-0.2, 0) is 21.2 Å². The van der Waals surface area contributed by atoms with Crippen LogP contribution < -0.4 is 4.74 Å². The molecule has 1 aliphatic rings. The molecule has 2 atom stereocenters. The monoisotopic (exact) mass is 433 g/mol. The maximum atomic E-state index is 13.3. The molecular weight excluding hydrogens is 406 g/mol. The Morgan fingerprint density at radius 3 is 2.53 bits per heavy atom. The van der Waals surface area contributed by atoms with E-state index in [1.807, 2.05) is 30.3 Å². The highest BCUT2D eigenvalue weighted by atomic mass is 32.2. The van der Waals surface area contributed by atoms with Gasteiger partial charge in [-0.05, 0) is 49.9 Å². The van der Waals surface area contributed by atoms with Gasteiger partial charge in [-0.15, -0.1) is 0 Å². The molecule has 8 heteroatoms. The Kier molecular flexibility index (Phi) is 6.50. The lowest BCUT2D eigenvalue weighted by atomic mass is 9.72. The third-order valence-corrected chi connectivity index (χ3v) is 7.51. The minimum atomic E-state index is -3.96. The highest BCUT2D eigenvalue weighted by Crippen LogP contribution is 2.39. The number of hydrogen-bond donors (Lipinski definition) is 2. The first-order chi connectivity index (χ1) is 14.2. The van der Waals surface area contributed by atoms with Crippen LogP contribution in [0.2, 0.25) is 0 Å². The Morgan fingerprint density at radius 2 is 1.93 bits per heavy atom. The van der Waals surface area contributed by atoms with Gasteiger partial charge < -0.3 is 14.9 Å². The normalized spacial score (nSPS) is 22.6. The summed E-state index contributed by atoms with van der Waals surface area (Å²) in [4.78, 5) is 12.2. The van der Waals surface area contributed by atoms with E-state index in [9.17, 15) is 23.4 Å². The van der Waals surface area contributed by atoms with Crippen molar-refractivity contribution < 1.29 is 28.2 Å². The van der Waals surface area contributed by atoms with Crippen molar-refractivity contribution in [2.24, 2.45) is 5.41 Å². The molecule has 0 amide bonds. The zero-order chi connectivity index (χ0) is 21.9. The lowest BCUT2D eigenvalue weighted by Gasteiger charge is -2.42. The van der Waals surface area contributed by atoms with Crippen LogP contribution in [0.3, 0.4) is 0 Å². The van der Waals surface area contributed by atoms with Gasteiger partial charge in [0.25, 0.3) is 0 Å². The Bertz CT molecular complexity index is 1010. The Hall–Kier alpha value is -2.42. The van der Waals surface area contributed by atoms with Crippen molar-refractivity contribution in [3.05, 3.63) is 59.7 Å². The molecule has 2 aromatic carbocycles. The van der Waals surface area contributed by atoms with Crippen molar-refractivity contribution in [2.75, 3.05) is 19.7 Å². The smallest absolute Gasteiger partial charge is 0.312 e. The molecule has 0 saturated carbocycles. The second-order valence-corrected chi connectivity index (χ2v) is 9.54. The Balaban J connectivity index is 1.90. The third kappa shape index (κ3) is 4.21. The molecule has 162 valence electrons. The van der Waals surface area contributed by atoms with E-state index in [2.05, 4.69) is 0 Å². The van der Waals surface area contributed by atoms with Crippen molar-refractivity contribution in [2.45, 2.75) is 37.7 Å². The van der Waals surface area contributed by atoms with Crippen LogP contribution in [0.1, 0.15) is 24.5 Å². The van der Waals surface area contributed by atoms with Gasteiger partial charge in [0.2, 0.25) is 10.0 Å². The van der Waals surface area contributed by atoms with E-state index in [0.717, 1.165) is 15.4 Å². The van der Waals surface area contributed by atoms with Crippen molar-refractivity contribution >= 4 is 16.0 Å². The largest absolute Gasteiger partial charge is 0.492 e. The number of sulfonamides is 1. The number of rotatable bonds is 7. The zero-order valence-electron chi connectivity index (χ0n) is 17.1. The number of nitrogens with zero attached hydrogens (tertiary/aromatic N) is 1. The fourth-order valence-electron chi connectivity index (χ4n) is 3.89. The Labute approximate surface area is 177 Å². The number of aliphatic hydroxyl groups is 1. The summed E-state index contributed by atoms with van der Waals surface area (Å²) >= 11 is 0.